The van der Waals surface area contributed by atoms with Gasteiger partial charge >= 0.3 is 18.3 Å². The second kappa shape index (κ2) is 18.4. The predicted molar refractivity (Wildman–Crippen MR) is 163 cm³/mol. The Morgan fingerprint density at radius 1 is 0.750 bits per heavy atom. The number of carbonyl (C=O) groups is 4. The first-order chi connectivity index (χ1) is 18.3. The van der Waals surface area contributed by atoms with Gasteiger partial charge in [0.15, 0.2) is 5.78 Å². The van der Waals surface area contributed by atoms with Crippen LogP contribution in [0, 0.1) is 0 Å². The van der Waals surface area contributed by atoms with Crippen molar-refractivity contribution in [2.24, 2.45) is 10.7 Å². The summed E-state index contributed by atoms with van der Waals surface area (Å²) < 4.78 is 15.9. The van der Waals surface area contributed by atoms with Gasteiger partial charge in [-0.1, -0.05) is 28.0 Å². The minimum atomic E-state index is -0.833. The Kier molecular flexibility index (Phi) is 17.5. The van der Waals surface area contributed by atoms with Gasteiger partial charge in [-0.15, -0.1) is 0 Å². The van der Waals surface area contributed by atoms with Crippen LogP contribution < -0.4 is 16.4 Å². The molecule has 13 heteroatoms. The Morgan fingerprint density at radius 2 is 1.30 bits per heavy atom. The van der Waals surface area contributed by atoms with Gasteiger partial charge in [-0.25, -0.2) is 14.4 Å². The van der Waals surface area contributed by atoms with E-state index in [1.807, 2.05) is 0 Å². The van der Waals surface area contributed by atoms with Crippen molar-refractivity contribution in [3.8, 4) is 0 Å². The Hall–Kier alpha value is -1.99. The first kappa shape index (κ1) is 38.0. The molecule has 0 aromatic rings. The number of amides is 3. The van der Waals surface area contributed by atoms with Crippen LogP contribution in [0.1, 0.15) is 101 Å². The van der Waals surface area contributed by atoms with E-state index >= 15 is 0 Å². The standard InChI is InChI=1S/C27H50N4O7S2/c1-25(2,3)36-22(33)29-19(20(32)14-12-17-39-40-18-16-28)13-10-11-15-21(30-23(34)37-26(4,5)6)31-24(35)38-27(7,8)9/h19H,10-18,28H2,1-9H3,(H,29,33)(H,30,31,34,35). The maximum absolute atomic E-state index is 13.0. The van der Waals surface area contributed by atoms with E-state index in [1.54, 1.807) is 83.9 Å². The van der Waals surface area contributed by atoms with Crippen LogP contribution >= 0.6 is 21.6 Å². The first-order valence-corrected chi connectivity index (χ1v) is 16.1. The van der Waals surface area contributed by atoms with Gasteiger partial charge in [0.1, 0.15) is 22.6 Å². The molecule has 0 heterocycles. The van der Waals surface area contributed by atoms with Crippen LogP contribution in [-0.4, -0.2) is 70.8 Å². The molecule has 0 saturated carbocycles. The van der Waals surface area contributed by atoms with Gasteiger partial charge in [-0.3, -0.25) is 10.1 Å². The molecule has 1 unspecified atom stereocenters. The number of aliphatic imine (C=N–C) groups is 1. The lowest BCUT2D eigenvalue weighted by Crippen LogP contribution is -2.43. The highest BCUT2D eigenvalue weighted by Crippen LogP contribution is 2.22. The van der Waals surface area contributed by atoms with Crippen LogP contribution in [0.25, 0.3) is 0 Å². The highest BCUT2D eigenvalue weighted by atomic mass is 33.1. The summed E-state index contributed by atoms with van der Waals surface area (Å²) >= 11 is 0. The van der Waals surface area contributed by atoms with E-state index in [0.29, 0.717) is 38.6 Å². The molecule has 40 heavy (non-hydrogen) atoms. The second-order valence-electron chi connectivity index (χ2n) is 12.1. The molecule has 0 spiro atoms. The van der Waals surface area contributed by atoms with Gasteiger partial charge in [0.05, 0.1) is 6.04 Å². The lowest BCUT2D eigenvalue weighted by atomic mass is 10.0. The number of hydrogen-bond donors (Lipinski definition) is 3. The van der Waals surface area contributed by atoms with E-state index < -0.39 is 41.1 Å². The number of rotatable bonds is 14. The molecule has 232 valence electrons. The van der Waals surface area contributed by atoms with Crippen molar-refractivity contribution in [1.82, 2.24) is 10.6 Å². The minimum Gasteiger partial charge on any atom is -0.444 e. The van der Waals surface area contributed by atoms with Gasteiger partial charge < -0.3 is 25.3 Å². The molecule has 0 aliphatic rings. The van der Waals surface area contributed by atoms with Gasteiger partial charge in [0.2, 0.25) is 0 Å². The molecule has 0 rings (SSSR count). The van der Waals surface area contributed by atoms with Gasteiger partial charge in [0, 0.05) is 30.9 Å². The smallest absolute Gasteiger partial charge is 0.435 e. The van der Waals surface area contributed by atoms with E-state index in [0.717, 1.165) is 11.5 Å². The van der Waals surface area contributed by atoms with E-state index in [2.05, 4.69) is 15.6 Å². The summed E-state index contributed by atoms with van der Waals surface area (Å²) in [6, 6.07) is -0.721. The number of nitrogens with zero attached hydrogens (tertiary/aromatic N) is 1. The molecule has 0 saturated heterocycles. The van der Waals surface area contributed by atoms with Crippen molar-refractivity contribution in [2.45, 2.75) is 124 Å². The van der Waals surface area contributed by atoms with E-state index in [4.69, 9.17) is 19.9 Å². The van der Waals surface area contributed by atoms with Crippen LogP contribution in [0.3, 0.4) is 0 Å². The number of unbranched alkanes of at least 4 members (excludes halogenated alkanes) is 1. The number of nitrogens with one attached hydrogen (secondary N) is 2. The van der Waals surface area contributed by atoms with Gasteiger partial charge in [-0.2, -0.15) is 4.99 Å². The second-order valence-corrected chi connectivity index (χ2v) is 14.8. The zero-order valence-corrected chi connectivity index (χ0v) is 27.3. The molecular weight excluding hydrogens is 556 g/mol. The highest BCUT2D eigenvalue weighted by Gasteiger charge is 2.24. The minimum absolute atomic E-state index is 0.0789. The largest absolute Gasteiger partial charge is 0.444 e. The number of ketones is 1. The van der Waals surface area contributed by atoms with Crippen LogP contribution in [0.4, 0.5) is 14.4 Å². The average molecular weight is 607 g/mol. The number of Topliss-reactive ketones (excluding diaryl/α,β-unsaturated/α-hetero) is 1. The lowest BCUT2D eigenvalue weighted by Gasteiger charge is -2.23. The van der Waals surface area contributed by atoms with Crippen molar-refractivity contribution in [3.05, 3.63) is 0 Å². The Labute approximate surface area is 247 Å². The third kappa shape index (κ3) is 22.8. The number of amidine groups is 1. The third-order valence-electron chi connectivity index (χ3n) is 4.44. The quantitative estimate of drug-likeness (QED) is 0.0705. The van der Waals surface area contributed by atoms with Crippen molar-refractivity contribution in [2.75, 3.05) is 18.1 Å². The number of nitrogens with two attached hydrogens (primary N) is 1. The lowest BCUT2D eigenvalue weighted by molar-refractivity contribution is -0.121. The SMILES string of the molecule is CC(C)(C)OC(=O)/N=C(/CCCCC(NC(=O)OC(C)(C)C)C(=O)CCCSSCCN)NC(=O)OC(C)(C)C. The summed E-state index contributed by atoms with van der Waals surface area (Å²) in [5.41, 5.74) is 3.31. The van der Waals surface area contributed by atoms with Gasteiger partial charge in [0.25, 0.3) is 0 Å². The molecule has 0 aromatic heterocycles. The Balaban J connectivity index is 5.26. The monoisotopic (exact) mass is 606 g/mol. The molecule has 3 amide bonds. The molecule has 1 atom stereocenters. The van der Waals surface area contributed by atoms with Crippen molar-refractivity contribution >= 4 is 51.5 Å². The number of hydrogen-bond acceptors (Lipinski definition) is 10. The predicted octanol–water partition coefficient (Wildman–Crippen LogP) is 5.99. The molecular formula is C27H50N4O7S2. The fourth-order valence-electron chi connectivity index (χ4n) is 3.01. The topological polar surface area (TPSA) is 158 Å². The van der Waals surface area contributed by atoms with Gasteiger partial charge in [-0.05, 0) is 81.6 Å². The summed E-state index contributed by atoms with van der Waals surface area (Å²) in [4.78, 5) is 53.8. The summed E-state index contributed by atoms with van der Waals surface area (Å²) in [6.07, 6.45) is 0.345. The maximum Gasteiger partial charge on any atom is 0.435 e. The zero-order chi connectivity index (χ0) is 31.0. The van der Waals surface area contributed by atoms with Crippen LogP contribution in [0.15, 0.2) is 4.99 Å². The van der Waals surface area contributed by atoms with Crippen LogP contribution in [0.5, 0.6) is 0 Å². The highest BCUT2D eigenvalue weighted by molar-refractivity contribution is 8.76. The molecule has 0 radical (unpaired) electrons. The molecule has 4 N–H and O–H groups in total. The molecule has 0 aliphatic carbocycles. The zero-order valence-electron chi connectivity index (χ0n) is 25.6. The number of carbonyl (C=O) groups excluding carboxylic acids is 4. The molecule has 0 fully saturated rings. The van der Waals surface area contributed by atoms with Crippen molar-refractivity contribution in [1.29, 1.82) is 0 Å². The molecule has 0 bridgehead atoms. The third-order valence-corrected chi connectivity index (χ3v) is 6.96. The normalized spacial score (nSPS) is 13.3. The fraction of sp³-hybridized carbons (Fsp3) is 0.815. The summed E-state index contributed by atoms with van der Waals surface area (Å²) in [5.74, 6) is 1.67. The van der Waals surface area contributed by atoms with E-state index in [1.165, 1.54) is 0 Å². The van der Waals surface area contributed by atoms with Crippen LogP contribution in [-0.2, 0) is 19.0 Å². The number of alkyl carbamates (subject to hydrolysis) is 2. The first-order valence-electron chi connectivity index (χ1n) is 13.6. The summed E-state index contributed by atoms with van der Waals surface area (Å²) in [7, 11) is 3.34. The molecule has 0 aliphatic heterocycles. The van der Waals surface area contributed by atoms with Crippen LogP contribution in [0.2, 0.25) is 0 Å². The maximum atomic E-state index is 13.0. The van der Waals surface area contributed by atoms with E-state index in [-0.39, 0.29) is 18.0 Å². The molecule has 11 nitrogen and oxygen atoms in total. The average Bonchev–Trinajstić information content (AvgIpc) is 2.73. The van der Waals surface area contributed by atoms with E-state index in [9.17, 15) is 19.2 Å². The Bertz CT molecular complexity index is 847. The molecule has 0 aromatic carbocycles. The fourth-order valence-corrected chi connectivity index (χ4v) is 4.96. The van der Waals surface area contributed by atoms with Crippen molar-refractivity contribution in [3.63, 3.8) is 0 Å². The number of ether oxygens (including phenoxy) is 3. The van der Waals surface area contributed by atoms with Crippen molar-refractivity contribution < 1.29 is 33.4 Å². The Morgan fingerprint density at radius 3 is 1.85 bits per heavy atom. The summed E-state index contributed by atoms with van der Waals surface area (Å²) in [6.45, 7) is 16.2. The summed E-state index contributed by atoms with van der Waals surface area (Å²) in [5, 5.41) is 5.23.